The Morgan fingerprint density at radius 1 is 1.05 bits per heavy atom. The molecule has 0 aliphatic heterocycles. The maximum absolute atomic E-state index is 13.3. The lowest BCUT2D eigenvalue weighted by Gasteiger charge is -2.14. The van der Waals surface area contributed by atoms with Crippen molar-refractivity contribution in [2.75, 3.05) is 10.1 Å². The van der Waals surface area contributed by atoms with Crippen LogP contribution in [-0.4, -0.2) is 29.3 Å². The molecule has 0 aliphatic carbocycles. The van der Waals surface area contributed by atoms with Gasteiger partial charge in [0, 0.05) is 12.1 Å². The molecule has 2 N–H and O–H groups in total. The molecule has 1 aromatic heterocycles. The maximum Gasteiger partial charge on any atom is 0.270 e. The van der Waals surface area contributed by atoms with E-state index in [1.165, 1.54) is 47.3 Å². The number of nitrogens with zero attached hydrogens (tertiary/aromatic N) is 4. The third-order valence-electron chi connectivity index (χ3n) is 5.59. The molecule has 0 radical (unpaired) electrons. The monoisotopic (exact) mass is 556 g/mol. The summed E-state index contributed by atoms with van der Waals surface area (Å²) in [5.41, 5.74) is 5.70. The van der Waals surface area contributed by atoms with Crippen LogP contribution in [0.3, 0.4) is 0 Å². The van der Waals surface area contributed by atoms with Crippen molar-refractivity contribution in [3.05, 3.63) is 104 Å². The largest absolute Gasteiger partial charge is 0.279 e. The first-order chi connectivity index (χ1) is 18.0. The predicted octanol–water partition coefficient (Wildman–Crippen LogP) is 5.75. The third kappa shape index (κ3) is 5.66. The molecule has 0 unspecified atom stereocenters. The van der Waals surface area contributed by atoms with Crippen molar-refractivity contribution in [1.82, 2.24) is 9.78 Å². The average molecular weight is 557 g/mol. The molecule has 0 aliphatic rings. The molecule has 0 fully saturated rings. The number of hydrogen-bond acceptors (Lipinski definition) is 7. The number of nitro groups is 1. The molecule has 0 amide bonds. The lowest BCUT2D eigenvalue weighted by atomic mass is 10.1. The van der Waals surface area contributed by atoms with Gasteiger partial charge in [0.05, 0.1) is 39.5 Å². The van der Waals surface area contributed by atoms with Crippen molar-refractivity contribution in [2.24, 2.45) is 5.10 Å². The van der Waals surface area contributed by atoms with Crippen molar-refractivity contribution in [3.63, 3.8) is 0 Å². The zero-order valence-corrected chi connectivity index (χ0v) is 22.0. The summed E-state index contributed by atoms with van der Waals surface area (Å²) in [6, 6.07) is 14.1. The molecule has 38 heavy (non-hydrogen) atoms. The number of rotatable bonds is 8. The number of hydrogen-bond donors (Lipinski definition) is 2. The van der Waals surface area contributed by atoms with Gasteiger partial charge in [-0.15, -0.1) is 0 Å². The van der Waals surface area contributed by atoms with E-state index < -0.39 is 26.5 Å². The summed E-state index contributed by atoms with van der Waals surface area (Å²) in [7, 11) is -4.25. The first-order valence-electron chi connectivity index (χ1n) is 11.1. The van der Waals surface area contributed by atoms with Crippen molar-refractivity contribution < 1.29 is 17.7 Å². The molecular formula is C25H22ClFN6O4S. The van der Waals surface area contributed by atoms with Gasteiger partial charge in [-0.1, -0.05) is 29.3 Å². The number of halogens is 2. The maximum atomic E-state index is 13.3. The van der Waals surface area contributed by atoms with Crippen LogP contribution in [0, 0.1) is 36.7 Å². The summed E-state index contributed by atoms with van der Waals surface area (Å²) in [4.78, 5) is 10.3. The van der Waals surface area contributed by atoms with Gasteiger partial charge in [-0.3, -0.25) is 20.3 Å². The molecule has 4 aromatic rings. The molecule has 196 valence electrons. The highest BCUT2D eigenvalue weighted by Gasteiger charge is 2.23. The second-order valence-electron chi connectivity index (χ2n) is 8.41. The zero-order chi connectivity index (χ0) is 27.6. The topological polar surface area (TPSA) is 132 Å². The van der Waals surface area contributed by atoms with E-state index in [0.717, 1.165) is 11.6 Å². The van der Waals surface area contributed by atoms with E-state index in [-0.39, 0.29) is 15.7 Å². The van der Waals surface area contributed by atoms with Crippen LogP contribution >= 0.6 is 11.6 Å². The smallest absolute Gasteiger partial charge is 0.270 e. The van der Waals surface area contributed by atoms with Gasteiger partial charge in [0.2, 0.25) is 0 Å². The van der Waals surface area contributed by atoms with Gasteiger partial charge in [0.15, 0.2) is 0 Å². The van der Waals surface area contributed by atoms with Gasteiger partial charge in [-0.25, -0.2) is 17.5 Å². The summed E-state index contributed by atoms with van der Waals surface area (Å²) < 4.78 is 43.7. The summed E-state index contributed by atoms with van der Waals surface area (Å²) in [6.45, 7) is 5.33. The van der Waals surface area contributed by atoms with Crippen molar-refractivity contribution in [3.8, 4) is 5.69 Å². The van der Waals surface area contributed by atoms with Crippen LogP contribution in [0.5, 0.6) is 0 Å². The van der Waals surface area contributed by atoms with Gasteiger partial charge in [0.25, 0.3) is 15.7 Å². The fraction of sp³-hybridized carbons (Fsp3) is 0.120. The second-order valence-corrected chi connectivity index (χ2v) is 10.4. The quantitative estimate of drug-likeness (QED) is 0.161. The highest BCUT2D eigenvalue weighted by molar-refractivity contribution is 7.92. The Bertz CT molecular complexity index is 1670. The number of anilines is 2. The van der Waals surface area contributed by atoms with Crippen LogP contribution in [0.25, 0.3) is 5.69 Å². The molecular weight excluding hydrogens is 535 g/mol. The molecule has 0 spiro atoms. The van der Waals surface area contributed by atoms with Gasteiger partial charge in [-0.05, 0) is 62.7 Å². The van der Waals surface area contributed by atoms with Gasteiger partial charge < -0.3 is 0 Å². The standard InChI is InChI=1S/C25H22ClFN6O4S/c1-15-4-10-22(16(2)12-15)31-38(36,37)24-13-20(33(34)35)9-11-23(24)29-28-14-21-17(3)30-32(25(21)26)19-7-5-18(27)6-8-19/h4-14,29,31H,1-3H3/b28-14+. The van der Waals surface area contributed by atoms with Gasteiger partial charge in [-0.2, -0.15) is 10.2 Å². The minimum atomic E-state index is -4.25. The number of aromatic nitrogens is 2. The molecule has 0 bridgehead atoms. The lowest BCUT2D eigenvalue weighted by molar-refractivity contribution is -0.385. The Morgan fingerprint density at radius 2 is 1.74 bits per heavy atom. The van der Waals surface area contributed by atoms with Crippen molar-refractivity contribution in [1.29, 1.82) is 0 Å². The minimum Gasteiger partial charge on any atom is -0.279 e. The number of nitrogens with one attached hydrogen (secondary N) is 2. The van der Waals surface area contributed by atoms with Gasteiger partial charge >= 0.3 is 0 Å². The molecule has 3 aromatic carbocycles. The van der Waals surface area contributed by atoms with Crippen LogP contribution in [0.2, 0.25) is 5.15 Å². The Morgan fingerprint density at radius 3 is 2.39 bits per heavy atom. The van der Waals surface area contributed by atoms with Crippen LogP contribution in [0.4, 0.5) is 21.5 Å². The SMILES string of the molecule is Cc1ccc(NS(=O)(=O)c2cc([N+](=O)[O-])ccc2N/N=C/c2c(C)nn(-c3ccc(F)cc3)c2Cl)c(C)c1. The molecule has 1 heterocycles. The van der Waals surface area contributed by atoms with Crippen LogP contribution in [0.15, 0.2) is 70.7 Å². The second kappa shape index (κ2) is 10.6. The molecule has 0 saturated carbocycles. The normalized spacial score (nSPS) is 11.6. The van der Waals surface area contributed by atoms with Crippen LogP contribution in [-0.2, 0) is 10.0 Å². The van der Waals surface area contributed by atoms with E-state index in [1.807, 2.05) is 13.0 Å². The highest BCUT2D eigenvalue weighted by Crippen LogP contribution is 2.30. The van der Waals surface area contributed by atoms with Gasteiger partial charge in [0.1, 0.15) is 15.9 Å². The van der Waals surface area contributed by atoms with Crippen molar-refractivity contribution >= 4 is 44.9 Å². The fourth-order valence-electron chi connectivity index (χ4n) is 3.64. The molecule has 0 saturated heterocycles. The first-order valence-corrected chi connectivity index (χ1v) is 13.0. The van der Waals surface area contributed by atoms with E-state index in [0.29, 0.717) is 28.2 Å². The lowest BCUT2D eigenvalue weighted by Crippen LogP contribution is -2.16. The number of hydrazone groups is 1. The zero-order valence-electron chi connectivity index (χ0n) is 20.4. The summed E-state index contributed by atoms with van der Waals surface area (Å²) in [5.74, 6) is -0.402. The van der Waals surface area contributed by atoms with E-state index in [2.05, 4.69) is 20.3 Å². The average Bonchev–Trinajstić information content (AvgIpc) is 3.14. The predicted molar refractivity (Wildman–Crippen MR) is 144 cm³/mol. The molecule has 4 rings (SSSR count). The minimum absolute atomic E-state index is 0.00353. The Hall–Kier alpha value is -4.29. The van der Waals surface area contributed by atoms with Crippen LogP contribution in [0.1, 0.15) is 22.4 Å². The number of aryl methyl sites for hydroxylation is 3. The Kier molecular flexibility index (Phi) is 7.46. The van der Waals surface area contributed by atoms with E-state index >= 15 is 0 Å². The molecule has 0 atom stereocenters. The van der Waals surface area contributed by atoms with E-state index in [4.69, 9.17) is 11.6 Å². The number of benzene rings is 3. The number of nitro benzene ring substituents is 1. The van der Waals surface area contributed by atoms with Crippen LogP contribution < -0.4 is 10.1 Å². The van der Waals surface area contributed by atoms with E-state index in [9.17, 15) is 22.9 Å². The highest BCUT2D eigenvalue weighted by atomic mass is 35.5. The fourth-order valence-corrected chi connectivity index (χ4v) is 5.27. The number of sulfonamides is 1. The Labute approximate surface area is 223 Å². The third-order valence-corrected chi connectivity index (χ3v) is 7.36. The van der Waals surface area contributed by atoms with E-state index in [1.54, 1.807) is 26.0 Å². The summed E-state index contributed by atoms with van der Waals surface area (Å²) in [5, 5.41) is 20.0. The molecule has 10 nitrogen and oxygen atoms in total. The summed E-state index contributed by atoms with van der Waals surface area (Å²) in [6.07, 6.45) is 1.35. The van der Waals surface area contributed by atoms with Crippen molar-refractivity contribution in [2.45, 2.75) is 25.7 Å². The number of non-ortho nitro benzene ring substituents is 1. The molecule has 13 heteroatoms. The summed E-state index contributed by atoms with van der Waals surface area (Å²) >= 11 is 6.47. The first kappa shape index (κ1) is 26.8. The Balaban J connectivity index is 1.66.